The molecule has 5 heteroatoms. The Morgan fingerprint density at radius 3 is 3.00 bits per heavy atom. The van der Waals surface area contributed by atoms with E-state index in [9.17, 15) is 4.79 Å². The first-order valence-corrected chi connectivity index (χ1v) is 5.25. The second kappa shape index (κ2) is 4.93. The van der Waals surface area contributed by atoms with Gasteiger partial charge in [0.15, 0.2) is 0 Å². The van der Waals surface area contributed by atoms with E-state index in [-0.39, 0.29) is 0 Å². The lowest BCUT2D eigenvalue weighted by molar-refractivity contribution is -0.134. The van der Waals surface area contributed by atoms with Crippen molar-refractivity contribution < 1.29 is 9.53 Å². The Hall–Kier alpha value is -1.94. The first-order chi connectivity index (χ1) is 8.20. The van der Waals surface area contributed by atoms with Crippen molar-refractivity contribution in [2.24, 2.45) is 0 Å². The molecule has 0 spiro atoms. The van der Waals surface area contributed by atoms with Gasteiger partial charge in [0.1, 0.15) is 11.5 Å². The maximum absolute atomic E-state index is 11.0. The number of carbonyl (C=O) groups excluding carboxylic acids is 1. The highest BCUT2D eigenvalue weighted by Gasteiger charge is 2.01. The average molecular weight is 249 g/mol. The topological polar surface area (TPSA) is 52.1 Å². The molecule has 86 valence electrons. The smallest absolute Gasteiger partial charge is 0.330 e. The molecule has 1 aromatic carbocycles. The summed E-state index contributed by atoms with van der Waals surface area (Å²) in [5.74, 6) is -0.402. The van der Waals surface area contributed by atoms with Gasteiger partial charge in [-0.1, -0.05) is 17.7 Å². The number of carbonyl (C=O) groups is 1. The second-order valence-corrected chi connectivity index (χ2v) is 3.66. The Morgan fingerprint density at radius 2 is 2.24 bits per heavy atom. The number of ether oxygens (including phenoxy) is 1. The first-order valence-electron chi connectivity index (χ1n) is 4.87. The monoisotopic (exact) mass is 248 g/mol. The SMILES string of the molecule is COC(=O)C=Cc1ccc2ncnc(Cl)c2c1. The van der Waals surface area contributed by atoms with E-state index in [0.29, 0.717) is 5.15 Å². The molecule has 0 radical (unpaired) electrons. The summed E-state index contributed by atoms with van der Waals surface area (Å²) in [5.41, 5.74) is 1.60. The van der Waals surface area contributed by atoms with Crippen LogP contribution in [0.5, 0.6) is 0 Å². The summed E-state index contributed by atoms with van der Waals surface area (Å²) >= 11 is 5.95. The highest BCUT2D eigenvalue weighted by molar-refractivity contribution is 6.34. The fraction of sp³-hybridized carbons (Fsp3) is 0.0833. The van der Waals surface area contributed by atoms with Crippen LogP contribution in [0.3, 0.4) is 0 Å². The minimum Gasteiger partial charge on any atom is -0.466 e. The molecular weight excluding hydrogens is 240 g/mol. The van der Waals surface area contributed by atoms with Crippen molar-refractivity contribution in [1.29, 1.82) is 0 Å². The van der Waals surface area contributed by atoms with Gasteiger partial charge in [-0.15, -0.1) is 0 Å². The van der Waals surface area contributed by atoms with E-state index in [1.165, 1.54) is 19.5 Å². The van der Waals surface area contributed by atoms with E-state index in [4.69, 9.17) is 11.6 Å². The van der Waals surface area contributed by atoms with E-state index in [1.807, 2.05) is 18.2 Å². The molecular formula is C12H9ClN2O2. The molecule has 17 heavy (non-hydrogen) atoms. The predicted octanol–water partition coefficient (Wildman–Crippen LogP) is 2.47. The van der Waals surface area contributed by atoms with E-state index in [2.05, 4.69) is 14.7 Å². The third-order valence-corrected chi connectivity index (χ3v) is 2.53. The minimum atomic E-state index is -0.402. The van der Waals surface area contributed by atoms with Crippen molar-refractivity contribution in [3.05, 3.63) is 41.3 Å². The number of esters is 1. The van der Waals surface area contributed by atoms with Crippen LogP contribution in [0.15, 0.2) is 30.6 Å². The largest absolute Gasteiger partial charge is 0.466 e. The fourth-order valence-electron chi connectivity index (χ4n) is 1.38. The molecule has 0 saturated heterocycles. The molecule has 0 N–H and O–H groups in total. The van der Waals surface area contributed by atoms with Crippen LogP contribution in [-0.2, 0) is 9.53 Å². The number of halogens is 1. The highest BCUT2D eigenvalue weighted by Crippen LogP contribution is 2.20. The molecule has 0 aliphatic rings. The standard InChI is InChI=1S/C12H9ClN2O2/c1-17-11(16)5-3-8-2-4-10-9(6-8)12(13)15-7-14-10/h2-7H,1H3. The van der Waals surface area contributed by atoms with Gasteiger partial charge < -0.3 is 4.74 Å². The Labute approximate surface area is 103 Å². The summed E-state index contributed by atoms with van der Waals surface area (Å²) in [5, 5.41) is 1.14. The molecule has 1 aromatic heterocycles. The highest BCUT2D eigenvalue weighted by atomic mass is 35.5. The fourth-order valence-corrected chi connectivity index (χ4v) is 1.57. The molecule has 4 nitrogen and oxygen atoms in total. The van der Waals surface area contributed by atoms with Crippen LogP contribution in [0.2, 0.25) is 5.15 Å². The maximum Gasteiger partial charge on any atom is 0.330 e. The summed E-state index contributed by atoms with van der Waals surface area (Å²) in [6.07, 6.45) is 4.40. The molecule has 0 bridgehead atoms. The van der Waals surface area contributed by atoms with Crippen LogP contribution in [-0.4, -0.2) is 23.0 Å². The Bertz CT molecular complexity index is 596. The van der Waals surface area contributed by atoms with Gasteiger partial charge in [0.05, 0.1) is 12.6 Å². The quantitative estimate of drug-likeness (QED) is 0.465. The van der Waals surface area contributed by atoms with Gasteiger partial charge in [0, 0.05) is 11.5 Å². The maximum atomic E-state index is 11.0. The third-order valence-electron chi connectivity index (χ3n) is 2.22. The molecule has 0 unspecified atom stereocenters. The van der Waals surface area contributed by atoms with Crippen LogP contribution < -0.4 is 0 Å². The number of nitrogens with zero attached hydrogens (tertiary/aromatic N) is 2. The predicted molar refractivity (Wildman–Crippen MR) is 65.6 cm³/mol. The van der Waals surface area contributed by atoms with Crippen molar-refractivity contribution in [3.63, 3.8) is 0 Å². The molecule has 0 aliphatic heterocycles. The summed E-state index contributed by atoms with van der Waals surface area (Å²) in [6.45, 7) is 0. The van der Waals surface area contributed by atoms with Crippen LogP contribution >= 0.6 is 11.6 Å². The van der Waals surface area contributed by atoms with Crippen LogP contribution in [0.4, 0.5) is 0 Å². The van der Waals surface area contributed by atoms with Crippen LogP contribution in [0.25, 0.3) is 17.0 Å². The average Bonchev–Trinajstić information content (AvgIpc) is 2.36. The van der Waals surface area contributed by atoms with Gasteiger partial charge in [0.25, 0.3) is 0 Å². The Morgan fingerprint density at radius 1 is 1.41 bits per heavy atom. The van der Waals surface area contributed by atoms with E-state index in [0.717, 1.165) is 16.5 Å². The molecule has 2 aromatic rings. The number of methoxy groups -OCH3 is 1. The van der Waals surface area contributed by atoms with Gasteiger partial charge in [0.2, 0.25) is 0 Å². The van der Waals surface area contributed by atoms with E-state index < -0.39 is 5.97 Å². The van der Waals surface area contributed by atoms with Crippen molar-refractivity contribution >= 4 is 34.5 Å². The van der Waals surface area contributed by atoms with Gasteiger partial charge in [-0.3, -0.25) is 0 Å². The molecule has 0 fully saturated rings. The summed E-state index contributed by atoms with van der Waals surface area (Å²) < 4.78 is 4.51. The molecule has 0 amide bonds. The summed E-state index contributed by atoms with van der Waals surface area (Å²) in [6, 6.07) is 5.47. The van der Waals surface area contributed by atoms with E-state index in [1.54, 1.807) is 6.08 Å². The number of hydrogen-bond donors (Lipinski definition) is 0. The zero-order valence-corrected chi connectivity index (χ0v) is 9.81. The zero-order chi connectivity index (χ0) is 12.3. The molecule has 0 aliphatic carbocycles. The molecule has 0 atom stereocenters. The summed E-state index contributed by atoms with van der Waals surface area (Å²) in [4.78, 5) is 18.9. The second-order valence-electron chi connectivity index (χ2n) is 3.30. The normalized spacial score (nSPS) is 10.9. The van der Waals surface area contributed by atoms with E-state index >= 15 is 0 Å². The van der Waals surface area contributed by atoms with Gasteiger partial charge in [-0.05, 0) is 23.8 Å². The van der Waals surface area contributed by atoms with Crippen molar-refractivity contribution in [1.82, 2.24) is 9.97 Å². The number of hydrogen-bond acceptors (Lipinski definition) is 4. The molecule has 0 saturated carbocycles. The van der Waals surface area contributed by atoms with Crippen LogP contribution in [0.1, 0.15) is 5.56 Å². The van der Waals surface area contributed by atoms with Gasteiger partial charge >= 0.3 is 5.97 Å². The van der Waals surface area contributed by atoms with Crippen molar-refractivity contribution in [2.45, 2.75) is 0 Å². The van der Waals surface area contributed by atoms with Crippen molar-refractivity contribution in [3.8, 4) is 0 Å². The van der Waals surface area contributed by atoms with Gasteiger partial charge in [-0.2, -0.15) is 0 Å². The van der Waals surface area contributed by atoms with Gasteiger partial charge in [-0.25, -0.2) is 14.8 Å². The summed E-state index contributed by atoms with van der Waals surface area (Å²) in [7, 11) is 1.33. The Kier molecular flexibility index (Phi) is 3.35. The van der Waals surface area contributed by atoms with Crippen molar-refractivity contribution in [2.75, 3.05) is 7.11 Å². The molecule has 2 rings (SSSR count). The minimum absolute atomic E-state index is 0.392. The number of benzene rings is 1. The lowest BCUT2D eigenvalue weighted by Gasteiger charge is -2.00. The number of aromatic nitrogens is 2. The number of fused-ring (bicyclic) bond motifs is 1. The van der Waals surface area contributed by atoms with Crippen LogP contribution in [0, 0.1) is 0 Å². The number of rotatable bonds is 2. The zero-order valence-electron chi connectivity index (χ0n) is 9.05. The molecule has 1 heterocycles. The lowest BCUT2D eigenvalue weighted by atomic mass is 10.1. The first kappa shape index (κ1) is 11.5. The lowest BCUT2D eigenvalue weighted by Crippen LogP contribution is -1.93. The Balaban J connectivity index is 2.41. The third kappa shape index (κ3) is 2.60.